The molecule has 2 aromatic carbocycles. The lowest BCUT2D eigenvalue weighted by molar-refractivity contribution is 0.102. The number of amides is 1. The summed E-state index contributed by atoms with van der Waals surface area (Å²) in [5.74, 6) is -0.350. The topological polar surface area (TPSA) is 75.4 Å². The third-order valence-electron chi connectivity index (χ3n) is 2.66. The first-order chi connectivity index (χ1) is 9.10. The van der Waals surface area contributed by atoms with Gasteiger partial charge in [-0.2, -0.15) is 0 Å². The van der Waals surface area contributed by atoms with Gasteiger partial charge in [-0.05, 0) is 35.9 Å². The molecule has 0 radical (unpaired) electrons. The van der Waals surface area contributed by atoms with E-state index in [1.54, 1.807) is 30.3 Å². The molecule has 5 heteroatoms. The molecular weight excluding hydrogens is 264 g/mol. The van der Waals surface area contributed by atoms with Gasteiger partial charge in [-0.1, -0.05) is 23.7 Å². The van der Waals surface area contributed by atoms with Gasteiger partial charge in [0.25, 0.3) is 5.91 Å². The molecule has 0 spiro atoms. The Balaban J connectivity index is 2.18. The van der Waals surface area contributed by atoms with Crippen LogP contribution in [0.2, 0.25) is 5.02 Å². The first kappa shape index (κ1) is 13.4. The van der Waals surface area contributed by atoms with Crippen molar-refractivity contribution in [3.8, 4) is 5.75 Å². The maximum atomic E-state index is 12.0. The van der Waals surface area contributed by atoms with Gasteiger partial charge in [0.1, 0.15) is 5.75 Å². The van der Waals surface area contributed by atoms with Gasteiger partial charge in [-0.15, -0.1) is 0 Å². The molecule has 0 bridgehead atoms. The van der Waals surface area contributed by atoms with Crippen LogP contribution in [0.5, 0.6) is 5.75 Å². The number of nitrogens with two attached hydrogens (primary N) is 1. The SMILES string of the molecule is NCc1ccc(C(=O)Nc2cc(Cl)ccc2O)cc1. The van der Waals surface area contributed by atoms with Crippen LogP contribution in [-0.4, -0.2) is 11.0 Å². The van der Waals surface area contributed by atoms with Crippen molar-refractivity contribution in [1.29, 1.82) is 0 Å². The third kappa shape index (κ3) is 3.24. The smallest absolute Gasteiger partial charge is 0.255 e. The number of hydrogen-bond acceptors (Lipinski definition) is 3. The van der Waals surface area contributed by atoms with Crippen molar-refractivity contribution >= 4 is 23.2 Å². The molecule has 0 saturated heterocycles. The lowest BCUT2D eigenvalue weighted by Crippen LogP contribution is -2.12. The van der Waals surface area contributed by atoms with Crippen molar-refractivity contribution in [3.05, 3.63) is 58.6 Å². The fourth-order valence-electron chi connectivity index (χ4n) is 1.60. The highest BCUT2D eigenvalue weighted by molar-refractivity contribution is 6.31. The predicted molar refractivity (Wildman–Crippen MR) is 75.4 cm³/mol. The number of nitrogens with one attached hydrogen (secondary N) is 1. The van der Waals surface area contributed by atoms with Gasteiger partial charge < -0.3 is 16.2 Å². The summed E-state index contributed by atoms with van der Waals surface area (Å²) >= 11 is 5.81. The van der Waals surface area contributed by atoms with Crippen LogP contribution >= 0.6 is 11.6 Å². The monoisotopic (exact) mass is 276 g/mol. The second kappa shape index (κ2) is 5.73. The van der Waals surface area contributed by atoms with E-state index in [-0.39, 0.29) is 17.3 Å². The fraction of sp³-hybridized carbons (Fsp3) is 0.0714. The minimum absolute atomic E-state index is 0.0312. The molecular formula is C14H13ClN2O2. The van der Waals surface area contributed by atoms with Crippen LogP contribution in [0, 0.1) is 0 Å². The zero-order valence-electron chi connectivity index (χ0n) is 10.1. The minimum Gasteiger partial charge on any atom is -0.506 e. The molecule has 98 valence electrons. The molecule has 4 N–H and O–H groups in total. The number of rotatable bonds is 3. The van der Waals surface area contributed by atoms with Crippen molar-refractivity contribution in [2.75, 3.05) is 5.32 Å². The van der Waals surface area contributed by atoms with E-state index in [1.807, 2.05) is 0 Å². The molecule has 0 saturated carbocycles. The van der Waals surface area contributed by atoms with Gasteiger partial charge in [0, 0.05) is 17.1 Å². The maximum Gasteiger partial charge on any atom is 0.255 e. The van der Waals surface area contributed by atoms with E-state index in [1.165, 1.54) is 12.1 Å². The van der Waals surface area contributed by atoms with Gasteiger partial charge in [0.05, 0.1) is 5.69 Å². The number of aromatic hydroxyl groups is 1. The summed E-state index contributed by atoms with van der Waals surface area (Å²) in [5.41, 5.74) is 7.20. The minimum atomic E-state index is -0.318. The number of halogens is 1. The van der Waals surface area contributed by atoms with E-state index in [0.29, 0.717) is 17.1 Å². The molecule has 0 aliphatic rings. The zero-order chi connectivity index (χ0) is 13.8. The van der Waals surface area contributed by atoms with Gasteiger partial charge in [0.2, 0.25) is 0 Å². The number of phenolic OH excluding ortho intramolecular Hbond substituents is 1. The molecule has 2 rings (SSSR count). The zero-order valence-corrected chi connectivity index (χ0v) is 10.8. The Labute approximate surface area is 115 Å². The third-order valence-corrected chi connectivity index (χ3v) is 2.89. The summed E-state index contributed by atoms with van der Waals surface area (Å²) in [4.78, 5) is 12.0. The van der Waals surface area contributed by atoms with Crippen LogP contribution in [0.15, 0.2) is 42.5 Å². The highest BCUT2D eigenvalue weighted by atomic mass is 35.5. The number of anilines is 1. The summed E-state index contributed by atoms with van der Waals surface area (Å²) in [6, 6.07) is 11.4. The van der Waals surface area contributed by atoms with Gasteiger partial charge >= 0.3 is 0 Å². The Bertz CT molecular complexity index is 597. The summed E-state index contributed by atoms with van der Waals surface area (Å²) in [6.45, 7) is 0.428. The van der Waals surface area contributed by atoms with Crippen LogP contribution in [0.4, 0.5) is 5.69 Å². The summed E-state index contributed by atoms with van der Waals surface area (Å²) in [7, 11) is 0. The molecule has 2 aromatic rings. The normalized spacial score (nSPS) is 10.2. The van der Waals surface area contributed by atoms with Crippen LogP contribution in [0.25, 0.3) is 0 Å². The van der Waals surface area contributed by atoms with E-state index >= 15 is 0 Å². The quantitative estimate of drug-likeness (QED) is 0.755. The molecule has 0 atom stereocenters. The number of benzene rings is 2. The number of carbonyl (C=O) groups is 1. The molecule has 0 heterocycles. The molecule has 4 nitrogen and oxygen atoms in total. The predicted octanol–water partition coefficient (Wildman–Crippen LogP) is 2.76. The fourth-order valence-corrected chi connectivity index (χ4v) is 1.77. The average Bonchev–Trinajstić information content (AvgIpc) is 2.43. The Kier molecular flexibility index (Phi) is 4.04. The molecule has 1 amide bonds. The second-order valence-corrected chi connectivity index (χ2v) is 4.45. The second-order valence-electron chi connectivity index (χ2n) is 4.02. The van der Waals surface area contributed by atoms with E-state index < -0.39 is 0 Å². The summed E-state index contributed by atoms with van der Waals surface area (Å²) < 4.78 is 0. The lowest BCUT2D eigenvalue weighted by atomic mass is 10.1. The van der Waals surface area contributed by atoms with Gasteiger partial charge in [-0.3, -0.25) is 4.79 Å². The first-order valence-corrected chi connectivity index (χ1v) is 6.07. The van der Waals surface area contributed by atoms with Crippen molar-refractivity contribution in [2.45, 2.75) is 6.54 Å². The van der Waals surface area contributed by atoms with E-state index in [9.17, 15) is 9.90 Å². The molecule has 0 aliphatic heterocycles. The molecule has 0 unspecified atom stereocenters. The Morgan fingerprint density at radius 3 is 2.53 bits per heavy atom. The molecule has 0 fully saturated rings. The number of phenols is 1. The Morgan fingerprint density at radius 1 is 1.21 bits per heavy atom. The molecule has 19 heavy (non-hydrogen) atoms. The molecule has 0 aliphatic carbocycles. The van der Waals surface area contributed by atoms with Crippen LogP contribution < -0.4 is 11.1 Å². The lowest BCUT2D eigenvalue weighted by Gasteiger charge is -2.08. The average molecular weight is 277 g/mol. The van der Waals surface area contributed by atoms with E-state index in [4.69, 9.17) is 17.3 Å². The van der Waals surface area contributed by atoms with E-state index in [0.717, 1.165) is 5.56 Å². The summed E-state index contributed by atoms with van der Waals surface area (Å²) in [6.07, 6.45) is 0. The molecule has 0 aromatic heterocycles. The van der Waals surface area contributed by atoms with Gasteiger partial charge in [-0.25, -0.2) is 0 Å². The number of hydrogen-bond donors (Lipinski definition) is 3. The number of carbonyl (C=O) groups excluding carboxylic acids is 1. The van der Waals surface area contributed by atoms with Crippen molar-refractivity contribution < 1.29 is 9.90 Å². The highest BCUT2D eigenvalue weighted by Crippen LogP contribution is 2.26. The van der Waals surface area contributed by atoms with Crippen molar-refractivity contribution in [2.24, 2.45) is 5.73 Å². The van der Waals surface area contributed by atoms with Crippen molar-refractivity contribution in [1.82, 2.24) is 0 Å². The Morgan fingerprint density at radius 2 is 1.89 bits per heavy atom. The van der Waals surface area contributed by atoms with E-state index in [2.05, 4.69) is 5.32 Å². The standard InChI is InChI=1S/C14H13ClN2O2/c15-11-5-6-13(18)12(7-11)17-14(19)10-3-1-9(8-16)2-4-10/h1-7,18H,8,16H2,(H,17,19). The maximum absolute atomic E-state index is 12.0. The van der Waals surface area contributed by atoms with Crippen LogP contribution in [0.3, 0.4) is 0 Å². The highest BCUT2D eigenvalue weighted by Gasteiger charge is 2.09. The van der Waals surface area contributed by atoms with Gasteiger partial charge in [0.15, 0.2) is 0 Å². The summed E-state index contributed by atoms with van der Waals surface area (Å²) in [5, 5.41) is 12.7. The Hall–Kier alpha value is -2.04. The first-order valence-electron chi connectivity index (χ1n) is 5.69. The van der Waals surface area contributed by atoms with Crippen molar-refractivity contribution in [3.63, 3.8) is 0 Å². The van der Waals surface area contributed by atoms with Crippen LogP contribution in [-0.2, 0) is 6.54 Å². The van der Waals surface area contributed by atoms with Crippen LogP contribution in [0.1, 0.15) is 15.9 Å². The largest absolute Gasteiger partial charge is 0.506 e.